The summed E-state index contributed by atoms with van der Waals surface area (Å²) in [6.45, 7) is -0.654. The molecule has 0 aliphatic heterocycles. The average Bonchev–Trinajstić information content (AvgIpc) is 2.25. The van der Waals surface area contributed by atoms with Crippen LogP contribution in [0.5, 0.6) is 0 Å². The Bertz CT molecular complexity index is 516. The minimum Gasteiger partial charge on any atom is -0.367 e. The lowest BCUT2D eigenvalue weighted by molar-refractivity contribution is -0.0433. The first kappa shape index (κ1) is 17.3. The maximum absolute atomic E-state index is 11.4. The van der Waals surface area contributed by atoms with Crippen molar-refractivity contribution in [1.29, 1.82) is 0 Å². The minimum absolute atomic E-state index is 0.143. The van der Waals surface area contributed by atoms with Crippen LogP contribution in [0.15, 0.2) is 30.3 Å². The number of aliphatic hydroxyl groups is 2. The summed E-state index contributed by atoms with van der Waals surface area (Å²) in [5.74, 6) is 0. The SMILES string of the molecule is O=P(O)(O)OP(=O)(O)ON(CC(O)O)c1ccccc1. The Balaban J connectivity index is 2.91. The first-order valence-corrected chi connectivity index (χ1v) is 8.10. The van der Waals surface area contributed by atoms with Crippen LogP contribution in [0, 0.1) is 0 Å². The summed E-state index contributed by atoms with van der Waals surface area (Å²) >= 11 is 0. The summed E-state index contributed by atoms with van der Waals surface area (Å²) < 4.78 is 30.0. The lowest BCUT2D eigenvalue weighted by Gasteiger charge is -2.25. The van der Waals surface area contributed by atoms with Gasteiger partial charge >= 0.3 is 15.6 Å². The van der Waals surface area contributed by atoms with E-state index in [0.29, 0.717) is 5.06 Å². The molecule has 0 saturated carbocycles. The number of para-hydroxylation sites is 1. The van der Waals surface area contributed by atoms with Crippen LogP contribution in [-0.4, -0.2) is 37.7 Å². The fourth-order valence-corrected chi connectivity index (χ4v) is 2.81. The molecule has 10 nitrogen and oxygen atoms in total. The molecule has 5 N–H and O–H groups in total. The van der Waals surface area contributed by atoms with E-state index < -0.39 is 28.5 Å². The van der Waals surface area contributed by atoms with Crippen LogP contribution in [0.25, 0.3) is 0 Å². The number of nitrogens with zero attached hydrogens (tertiary/aromatic N) is 1. The van der Waals surface area contributed by atoms with E-state index in [4.69, 9.17) is 20.0 Å². The Morgan fingerprint density at radius 1 is 1.10 bits per heavy atom. The van der Waals surface area contributed by atoms with E-state index in [1.165, 1.54) is 24.3 Å². The van der Waals surface area contributed by atoms with Gasteiger partial charge in [-0.2, -0.15) is 8.94 Å². The number of hydrogen-bond donors (Lipinski definition) is 5. The highest BCUT2D eigenvalue weighted by molar-refractivity contribution is 7.60. The van der Waals surface area contributed by atoms with Crippen molar-refractivity contribution in [1.82, 2.24) is 0 Å². The van der Waals surface area contributed by atoms with Crippen LogP contribution in [-0.2, 0) is 18.1 Å². The molecule has 114 valence electrons. The topological polar surface area (TPSA) is 157 Å². The van der Waals surface area contributed by atoms with Gasteiger partial charge in [0, 0.05) is 0 Å². The molecular formula is C8H13NO9P2. The third-order valence-corrected chi connectivity index (χ3v) is 3.86. The van der Waals surface area contributed by atoms with Crippen LogP contribution in [0.2, 0.25) is 0 Å². The smallest absolute Gasteiger partial charge is 0.367 e. The lowest BCUT2D eigenvalue weighted by Crippen LogP contribution is -2.31. The van der Waals surface area contributed by atoms with Crippen molar-refractivity contribution in [3.8, 4) is 0 Å². The molecule has 0 aromatic heterocycles. The monoisotopic (exact) mass is 329 g/mol. The van der Waals surface area contributed by atoms with E-state index >= 15 is 0 Å². The molecule has 12 heteroatoms. The molecule has 0 aliphatic rings. The highest BCUT2D eigenvalue weighted by Gasteiger charge is 2.35. The molecule has 1 rings (SSSR count). The summed E-state index contributed by atoms with van der Waals surface area (Å²) in [6, 6.07) is 7.49. The number of rotatable bonds is 7. The van der Waals surface area contributed by atoms with Crippen LogP contribution >= 0.6 is 15.6 Å². The molecule has 1 aromatic rings. The van der Waals surface area contributed by atoms with E-state index in [1.54, 1.807) is 6.07 Å². The van der Waals surface area contributed by atoms with Gasteiger partial charge < -0.3 is 24.9 Å². The molecule has 20 heavy (non-hydrogen) atoms. The molecule has 1 atom stereocenters. The third-order valence-electron chi connectivity index (χ3n) is 1.78. The molecule has 0 radical (unpaired) electrons. The average molecular weight is 329 g/mol. The summed E-state index contributed by atoms with van der Waals surface area (Å²) in [5.41, 5.74) is 0.143. The maximum atomic E-state index is 11.4. The Hall–Kier alpha value is -0.800. The summed E-state index contributed by atoms with van der Waals surface area (Å²) in [6.07, 6.45) is -1.93. The zero-order valence-electron chi connectivity index (χ0n) is 9.88. The van der Waals surface area contributed by atoms with Crippen LogP contribution in [0.1, 0.15) is 0 Å². The number of benzene rings is 1. The predicted molar refractivity (Wildman–Crippen MR) is 66.1 cm³/mol. The molecule has 0 aliphatic carbocycles. The summed E-state index contributed by atoms with van der Waals surface area (Å²) in [7, 11) is -10.4. The van der Waals surface area contributed by atoms with Gasteiger partial charge in [0.05, 0.1) is 12.2 Å². The number of anilines is 1. The van der Waals surface area contributed by atoms with Crippen molar-refractivity contribution in [2.75, 3.05) is 11.6 Å². The molecule has 0 spiro atoms. The molecule has 1 unspecified atom stereocenters. The maximum Gasteiger partial charge on any atom is 0.502 e. The minimum atomic E-state index is -5.26. The van der Waals surface area contributed by atoms with Gasteiger partial charge in [0.15, 0.2) is 6.29 Å². The van der Waals surface area contributed by atoms with Crippen molar-refractivity contribution in [2.45, 2.75) is 6.29 Å². The molecule has 0 heterocycles. The Kier molecular flexibility index (Phi) is 5.84. The standard InChI is InChI=1S/C8H13NO9P2/c10-8(11)6-9(7-4-2-1-3-5-7)17-20(15,16)18-19(12,13)14/h1-5,8,10-11H,6H2,(H,15,16)(H2,12,13,14). The number of phosphoric acid groups is 2. The van der Waals surface area contributed by atoms with E-state index in [9.17, 15) is 14.0 Å². The normalized spacial score (nSPS) is 15.1. The van der Waals surface area contributed by atoms with Crippen LogP contribution < -0.4 is 5.06 Å². The number of aliphatic hydroxyl groups excluding tert-OH is 1. The van der Waals surface area contributed by atoms with Crippen LogP contribution in [0.3, 0.4) is 0 Å². The lowest BCUT2D eigenvalue weighted by atomic mass is 10.3. The van der Waals surface area contributed by atoms with Crippen molar-refractivity contribution >= 4 is 21.3 Å². The second kappa shape index (κ2) is 6.77. The van der Waals surface area contributed by atoms with Crippen molar-refractivity contribution in [2.24, 2.45) is 0 Å². The van der Waals surface area contributed by atoms with Gasteiger partial charge in [-0.1, -0.05) is 18.2 Å². The van der Waals surface area contributed by atoms with Crippen molar-refractivity contribution in [3.05, 3.63) is 30.3 Å². The van der Waals surface area contributed by atoms with Gasteiger partial charge in [-0.25, -0.2) is 14.2 Å². The van der Waals surface area contributed by atoms with Crippen LogP contribution in [0.4, 0.5) is 5.69 Å². The van der Waals surface area contributed by atoms with Crippen molar-refractivity contribution < 1.29 is 43.0 Å². The second-order valence-corrected chi connectivity index (χ2v) is 6.23. The molecule has 0 amide bonds. The fourth-order valence-electron chi connectivity index (χ4n) is 1.20. The van der Waals surface area contributed by atoms with Gasteiger partial charge in [-0.15, -0.1) is 0 Å². The summed E-state index contributed by atoms with van der Waals surface area (Å²) in [5, 5.41) is 18.3. The zero-order valence-corrected chi connectivity index (χ0v) is 11.7. The Morgan fingerprint density at radius 3 is 2.10 bits per heavy atom. The highest BCUT2D eigenvalue weighted by atomic mass is 31.3. The van der Waals surface area contributed by atoms with Gasteiger partial charge in [0.25, 0.3) is 0 Å². The predicted octanol–water partition coefficient (Wildman–Crippen LogP) is -0.0550. The summed E-state index contributed by atoms with van der Waals surface area (Å²) in [4.78, 5) is 26.2. The van der Waals surface area contributed by atoms with Gasteiger partial charge in [-0.3, -0.25) is 0 Å². The first-order chi connectivity index (χ1) is 9.09. The Morgan fingerprint density at radius 2 is 1.65 bits per heavy atom. The van der Waals surface area contributed by atoms with E-state index in [0.717, 1.165) is 0 Å². The van der Waals surface area contributed by atoms with Gasteiger partial charge in [0.1, 0.15) is 0 Å². The number of hydroxylamine groups is 1. The van der Waals surface area contributed by atoms with Gasteiger partial charge in [0.2, 0.25) is 0 Å². The molecule has 0 bridgehead atoms. The van der Waals surface area contributed by atoms with E-state index in [-0.39, 0.29) is 5.69 Å². The van der Waals surface area contributed by atoms with Gasteiger partial charge in [-0.05, 0) is 12.1 Å². The first-order valence-electron chi connectivity index (χ1n) is 5.07. The van der Waals surface area contributed by atoms with E-state index in [2.05, 4.69) is 8.94 Å². The van der Waals surface area contributed by atoms with Crippen molar-refractivity contribution in [3.63, 3.8) is 0 Å². The van der Waals surface area contributed by atoms with E-state index in [1.807, 2.05) is 0 Å². The zero-order chi connectivity index (χ0) is 15.4. The quantitative estimate of drug-likeness (QED) is 0.261. The fraction of sp³-hybridized carbons (Fsp3) is 0.250. The third kappa shape index (κ3) is 6.58. The molecule has 1 aromatic carbocycles. The largest absolute Gasteiger partial charge is 0.502 e. The molecular weight excluding hydrogens is 316 g/mol. The molecule has 0 fully saturated rings. The Labute approximate surface area is 113 Å². The highest BCUT2D eigenvalue weighted by Crippen LogP contribution is 2.58. The second-order valence-electron chi connectivity index (χ2n) is 3.50. The molecule has 0 saturated heterocycles. The number of hydrogen-bond acceptors (Lipinski definition) is 7.